The number of hydrogen-bond donors (Lipinski definition) is 0. The van der Waals surface area contributed by atoms with Gasteiger partial charge >= 0.3 is 0 Å². The van der Waals surface area contributed by atoms with Crippen LogP contribution in [0.15, 0.2) is 243 Å². The van der Waals surface area contributed by atoms with Gasteiger partial charge in [-0.2, -0.15) is 0 Å². The molecule has 680 valence electrons. The zero-order valence-electron chi connectivity index (χ0n) is 77.7. The molecule has 0 aliphatic carbocycles. The number of methoxy groups -OCH3 is 1. The van der Waals surface area contributed by atoms with Crippen molar-refractivity contribution in [3.63, 3.8) is 0 Å². The lowest BCUT2D eigenvalue weighted by Gasteiger charge is -2.29. The zero-order valence-corrected chi connectivity index (χ0v) is 77.7. The van der Waals surface area contributed by atoms with Crippen molar-refractivity contribution in [1.82, 2.24) is 0 Å². The molecule has 0 aromatic heterocycles. The molecule has 15 rings (SSSR count). The lowest BCUT2D eigenvalue weighted by Crippen LogP contribution is -2.30. The van der Waals surface area contributed by atoms with Crippen molar-refractivity contribution in [1.29, 1.82) is 0 Å². The predicted molar refractivity (Wildman–Crippen MR) is 517 cm³/mol. The van der Waals surface area contributed by atoms with Crippen LogP contribution in [0.3, 0.4) is 0 Å². The number of hydrogen-bond acceptors (Lipinski definition) is 15. The van der Waals surface area contributed by atoms with Gasteiger partial charge in [0, 0.05) is 85.2 Å². The zero-order chi connectivity index (χ0) is 91.0. The number of unbranched alkanes of at least 4 members (excludes halogenated alkanes) is 3. The summed E-state index contributed by atoms with van der Waals surface area (Å²) in [5.41, 5.74) is 16.1. The third kappa shape index (κ3) is 34.2. The summed E-state index contributed by atoms with van der Waals surface area (Å²) < 4.78 is 84.6. The molecule has 0 atom stereocenters. The topological polar surface area (TPSA) is 138 Å². The molecule has 5 aliphatic heterocycles. The molecule has 10 aromatic carbocycles. The Kier molecular flexibility index (Phi) is 42.9. The van der Waals surface area contributed by atoms with E-state index in [4.69, 9.17) is 71.1 Å². The second-order valence-corrected chi connectivity index (χ2v) is 32.2. The van der Waals surface area contributed by atoms with Gasteiger partial charge in [-0.15, -0.1) is 0 Å². The lowest BCUT2D eigenvalue weighted by atomic mass is 9.99. The lowest BCUT2D eigenvalue weighted by molar-refractivity contribution is -0.187. The van der Waals surface area contributed by atoms with Gasteiger partial charge in [-0.1, -0.05) is 195 Å². The van der Waals surface area contributed by atoms with Gasteiger partial charge in [0.25, 0.3) is 0 Å². The van der Waals surface area contributed by atoms with E-state index in [-0.39, 0.29) is 31.5 Å². The number of benzene rings is 10. The van der Waals surface area contributed by atoms with E-state index in [2.05, 4.69) is 236 Å². The van der Waals surface area contributed by atoms with Crippen molar-refractivity contribution in [2.24, 2.45) is 0 Å². The minimum atomic E-state index is -0.0467. The van der Waals surface area contributed by atoms with Gasteiger partial charge in [-0.25, -0.2) is 0 Å². The molecule has 10 aromatic rings. The summed E-state index contributed by atoms with van der Waals surface area (Å²) in [5.74, 6) is 38.0. The predicted octanol–water partition coefficient (Wildman–Crippen LogP) is 23.7. The Morgan fingerprint density at radius 3 is 0.577 bits per heavy atom. The Morgan fingerprint density at radius 2 is 0.392 bits per heavy atom. The van der Waals surface area contributed by atoms with Crippen molar-refractivity contribution < 1.29 is 71.1 Å². The molecule has 15 heteroatoms. The molecular weight excluding hydrogens is 1620 g/mol. The van der Waals surface area contributed by atoms with Crippen LogP contribution in [0.5, 0.6) is 28.7 Å². The van der Waals surface area contributed by atoms with Crippen molar-refractivity contribution in [2.45, 2.75) is 194 Å². The van der Waals surface area contributed by atoms with E-state index in [1.165, 1.54) is 40.7 Å². The Labute approximate surface area is 774 Å². The van der Waals surface area contributed by atoms with Crippen LogP contribution >= 0.6 is 0 Å². The SMILES string of the molecule is CCC1OCC(c2ccc(C#Cc3ccc(OC)cc3)cc2)CO1.CCCCCOc1ccc(C#Cc2ccc(C3COC(CC)OC3)cc2)cc1.CCCCOc1ccc(C#Cc2ccc(C3COC(CC)OC3)cc2)cc1.CCCOc1ccc(C#Cc2ccc(C3COC(CC)OC3)cc2)cc1.CCOc1ccc(C#Cc2ccc(C3COC(CC)OC3)cc2)cc1. The molecule has 130 heavy (non-hydrogen) atoms. The van der Waals surface area contributed by atoms with E-state index in [0.29, 0.717) is 36.2 Å². The first-order chi connectivity index (χ1) is 63.9. The molecule has 5 aliphatic rings. The van der Waals surface area contributed by atoms with Crippen molar-refractivity contribution in [2.75, 3.05) is 99.6 Å². The summed E-state index contributed by atoms with van der Waals surface area (Å²) in [7, 11) is 1.66. The molecule has 5 heterocycles. The first kappa shape index (κ1) is 99.2. The van der Waals surface area contributed by atoms with Crippen LogP contribution in [0.4, 0.5) is 0 Å². The first-order valence-corrected chi connectivity index (χ1v) is 46.7. The molecule has 0 amide bonds. The van der Waals surface area contributed by atoms with Gasteiger partial charge in [-0.3, -0.25) is 0 Å². The largest absolute Gasteiger partial charge is 0.497 e. The molecule has 0 radical (unpaired) electrons. The van der Waals surface area contributed by atoms with Crippen LogP contribution in [0, 0.1) is 59.2 Å². The maximum absolute atomic E-state index is 5.74. The summed E-state index contributed by atoms with van der Waals surface area (Å²) in [6, 6.07) is 81.3. The minimum Gasteiger partial charge on any atom is -0.497 e. The van der Waals surface area contributed by atoms with Gasteiger partial charge in [0.15, 0.2) is 31.5 Å². The van der Waals surface area contributed by atoms with Gasteiger partial charge in [-0.05, 0) is 268 Å². The second-order valence-electron chi connectivity index (χ2n) is 32.2. The normalized spacial score (nSPS) is 19.5. The van der Waals surface area contributed by atoms with E-state index >= 15 is 0 Å². The van der Waals surface area contributed by atoms with Crippen LogP contribution < -0.4 is 23.7 Å². The maximum Gasteiger partial charge on any atom is 0.157 e. The van der Waals surface area contributed by atoms with Crippen molar-refractivity contribution in [3.05, 3.63) is 326 Å². The molecule has 0 bridgehead atoms. The fourth-order valence-corrected chi connectivity index (χ4v) is 14.2. The van der Waals surface area contributed by atoms with E-state index in [0.717, 1.165) is 228 Å². The third-order valence-corrected chi connectivity index (χ3v) is 22.2. The summed E-state index contributed by atoms with van der Waals surface area (Å²) in [5, 5.41) is 0. The van der Waals surface area contributed by atoms with Gasteiger partial charge < -0.3 is 71.1 Å². The van der Waals surface area contributed by atoms with Crippen LogP contribution in [0.25, 0.3) is 0 Å². The van der Waals surface area contributed by atoms with Gasteiger partial charge in [0.1, 0.15) is 28.7 Å². The Morgan fingerprint density at radius 1 is 0.208 bits per heavy atom. The average molecular weight is 1750 g/mol. The minimum absolute atomic E-state index is 0.0455. The van der Waals surface area contributed by atoms with Crippen LogP contribution in [0.2, 0.25) is 0 Å². The summed E-state index contributed by atoms with van der Waals surface area (Å²) >= 11 is 0. The molecule has 5 fully saturated rings. The van der Waals surface area contributed by atoms with Crippen molar-refractivity contribution in [3.8, 4) is 88.0 Å². The highest BCUT2D eigenvalue weighted by Crippen LogP contribution is 2.31. The monoisotopic (exact) mass is 1750 g/mol. The third-order valence-electron chi connectivity index (χ3n) is 22.2. The van der Waals surface area contributed by atoms with Crippen LogP contribution in [-0.2, 0) is 47.4 Å². The highest BCUT2D eigenvalue weighted by Gasteiger charge is 2.27. The Hall–Kier alpha value is -11.4. The van der Waals surface area contributed by atoms with Gasteiger partial charge in [0.05, 0.1) is 99.6 Å². The molecule has 0 N–H and O–H groups in total. The summed E-state index contributed by atoms with van der Waals surface area (Å²) in [6.45, 7) is 28.9. The van der Waals surface area contributed by atoms with Crippen LogP contribution in [0.1, 0.15) is 246 Å². The van der Waals surface area contributed by atoms with E-state index in [1.807, 2.05) is 128 Å². The molecule has 0 spiro atoms. The van der Waals surface area contributed by atoms with Crippen LogP contribution in [-0.4, -0.2) is 131 Å². The number of rotatable bonds is 25. The summed E-state index contributed by atoms with van der Waals surface area (Å²) in [4.78, 5) is 0. The second kappa shape index (κ2) is 56.2. The quantitative estimate of drug-likeness (QED) is 0.0396. The molecule has 15 nitrogen and oxygen atoms in total. The van der Waals surface area contributed by atoms with E-state index in [9.17, 15) is 0 Å². The van der Waals surface area contributed by atoms with Crippen molar-refractivity contribution >= 4 is 0 Å². The average Bonchev–Trinajstić information content (AvgIpc) is 0.863. The van der Waals surface area contributed by atoms with E-state index in [1.54, 1.807) is 7.11 Å². The molecule has 0 unspecified atom stereocenters. The highest BCUT2D eigenvalue weighted by atomic mass is 16.7. The molecule has 5 saturated heterocycles. The van der Waals surface area contributed by atoms with E-state index < -0.39 is 0 Å². The molecule has 0 saturated carbocycles. The smallest absolute Gasteiger partial charge is 0.157 e. The highest BCUT2D eigenvalue weighted by molar-refractivity contribution is 5.51. The standard InChI is InChI=1S/C25H30O3.C24H28O3.C23H26O3.C22H24O3.C21H22O3/c1-3-5-6-17-26-24-15-11-21(12-16-24)8-7-20-9-13-22(14-10-20)23-18-27-25(4-2)28-19-23;1-3-5-16-25-23-14-10-20(11-15-23)7-6-19-8-12-21(13-9-19)22-17-26-24(4-2)27-18-22;1-3-15-24-22-13-9-19(10-14-22)6-5-18-7-11-20(12-8-18)21-16-25-23(4-2)26-17-21;1-3-22-24-15-20(16-25-22)19-11-7-17(8-12-19)5-6-18-9-13-21(14-10-18)23-4-2;1-3-21-23-14-19(15-24-21)18-10-6-16(7-11-18)4-5-17-8-12-20(22-2)13-9-17/h9-16,23,25H,3-6,17-19H2,1-2H3;8-15,22,24H,3-5,16-18H2,1-2H3;7-14,21,23H,3-4,15-17H2,1-2H3;7-14,20,22H,3-4,15-16H2,1-2H3;6-13,19,21H,3,14-15H2,1-2H3. The Balaban J connectivity index is 0.000000157. The molecular formula is C115H130O15. The maximum atomic E-state index is 5.74. The fourth-order valence-electron chi connectivity index (χ4n) is 14.2. The first-order valence-electron chi connectivity index (χ1n) is 46.7. The summed E-state index contributed by atoms with van der Waals surface area (Å²) in [6.07, 6.45) is 11.0. The fraction of sp³-hybridized carbons (Fsp3) is 0.391. The van der Waals surface area contributed by atoms with Gasteiger partial charge in [0.2, 0.25) is 0 Å². The Bertz CT molecular complexity index is 5190. The number of ether oxygens (including phenoxy) is 15.